The molecule has 8 heteroatoms. The van der Waals surface area contributed by atoms with E-state index >= 15 is 0 Å². The normalized spacial score (nSPS) is 15.3. The lowest BCUT2D eigenvalue weighted by atomic mass is 10.0. The molecule has 0 fully saturated rings. The van der Waals surface area contributed by atoms with Crippen molar-refractivity contribution < 1.29 is 9.53 Å². The summed E-state index contributed by atoms with van der Waals surface area (Å²) in [6.45, 7) is 4.44. The third kappa shape index (κ3) is 3.64. The van der Waals surface area contributed by atoms with Gasteiger partial charge in [-0.2, -0.15) is 5.10 Å². The Morgan fingerprint density at radius 1 is 1.37 bits per heavy atom. The minimum atomic E-state index is -0.124. The number of benzene rings is 1. The van der Waals surface area contributed by atoms with Gasteiger partial charge in [-0.15, -0.1) is 0 Å². The quantitative estimate of drug-likeness (QED) is 0.737. The average molecular weight is 364 g/mol. The van der Waals surface area contributed by atoms with Crippen molar-refractivity contribution in [1.82, 2.24) is 30.0 Å². The molecule has 0 saturated carbocycles. The zero-order valence-electron chi connectivity index (χ0n) is 15.2. The standard InChI is InChI=1S/C19H20N6O2/c1-12-7-21-13(2)18(24-12)16-5-3-4-14-6-15(27-19(14)16)8-22-17(26)9-25-11-20-10-23-25/h3-5,7,10-11,15H,6,8-9H2,1-2H3,(H,22,26). The van der Waals surface area contributed by atoms with Gasteiger partial charge in [0.05, 0.1) is 23.6 Å². The first-order chi connectivity index (χ1) is 13.1. The predicted molar refractivity (Wildman–Crippen MR) is 98.1 cm³/mol. The van der Waals surface area contributed by atoms with Crippen molar-refractivity contribution in [2.75, 3.05) is 6.54 Å². The molecular weight excluding hydrogens is 344 g/mol. The SMILES string of the molecule is Cc1cnc(C)c(-c2cccc3c2OC(CNC(=O)Cn2cncn2)C3)n1. The van der Waals surface area contributed by atoms with Crippen molar-refractivity contribution in [2.45, 2.75) is 32.9 Å². The second-order valence-electron chi connectivity index (χ2n) is 6.58. The van der Waals surface area contributed by atoms with Crippen molar-refractivity contribution in [3.05, 3.63) is 54.0 Å². The summed E-state index contributed by atoms with van der Waals surface area (Å²) in [4.78, 5) is 24.9. The Kier molecular flexibility index (Phi) is 4.53. The number of fused-ring (bicyclic) bond motifs is 1. The van der Waals surface area contributed by atoms with Crippen LogP contribution in [0.4, 0.5) is 0 Å². The molecule has 0 aliphatic carbocycles. The highest BCUT2D eigenvalue weighted by Gasteiger charge is 2.27. The number of ether oxygens (including phenoxy) is 1. The van der Waals surface area contributed by atoms with E-state index in [1.807, 2.05) is 26.0 Å². The second kappa shape index (κ2) is 7.14. The highest BCUT2D eigenvalue weighted by Crippen LogP contribution is 2.38. The fraction of sp³-hybridized carbons (Fsp3) is 0.316. The lowest BCUT2D eigenvalue weighted by Gasteiger charge is -2.14. The van der Waals surface area contributed by atoms with Gasteiger partial charge in [-0.1, -0.05) is 12.1 Å². The Bertz CT molecular complexity index is 970. The molecular formula is C19H20N6O2. The van der Waals surface area contributed by atoms with E-state index in [9.17, 15) is 4.79 Å². The summed E-state index contributed by atoms with van der Waals surface area (Å²) in [7, 11) is 0. The number of aromatic nitrogens is 5. The maximum absolute atomic E-state index is 12.0. The number of rotatable bonds is 5. The molecule has 3 heterocycles. The molecule has 138 valence electrons. The molecule has 0 saturated heterocycles. The molecule has 4 rings (SSSR count). The zero-order chi connectivity index (χ0) is 18.8. The Hall–Kier alpha value is -3.29. The van der Waals surface area contributed by atoms with Crippen LogP contribution in [0.5, 0.6) is 5.75 Å². The number of hydrogen-bond acceptors (Lipinski definition) is 6. The Morgan fingerprint density at radius 3 is 3.07 bits per heavy atom. The maximum atomic E-state index is 12.0. The highest BCUT2D eigenvalue weighted by molar-refractivity contribution is 5.75. The summed E-state index contributed by atoms with van der Waals surface area (Å²) < 4.78 is 7.64. The van der Waals surface area contributed by atoms with E-state index in [4.69, 9.17) is 4.74 Å². The van der Waals surface area contributed by atoms with Crippen molar-refractivity contribution in [3.8, 4) is 17.0 Å². The molecule has 0 bridgehead atoms. The van der Waals surface area contributed by atoms with Crippen molar-refractivity contribution in [2.24, 2.45) is 0 Å². The molecule has 1 unspecified atom stereocenters. The number of hydrogen-bond donors (Lipinski definition) is 1. The summed E-state index contributed by atoms with van der Waals surface area (Å²) >= 11 is 0. The van der Waals surface area contributed by atoms with Crippen LogP contribution in [0.3, 0.4) is 0 Å². The van der Waals surface area contributed by atoms with Crippen LogP contribution in [0, 0.1) is 13.8 Å². The number of nitrogens with zero attached hydrogens (tertiary/aromatic N) is 5. The highest BCUT2D eigenvalue weighted by atomic mass is 16.5. The predicted octanol–water partition coefficient (Wildman–Crippen LogP) is 1.47. The van der Waals surface area contributed by atoms with Crippen LogP contribution in [0.2, 0.25) is 0 Å². The van der Waals surface area contributed by atoms with E-state index in [0.717, 1.165) is 40.4 Å². The van der Waals surface area contributed by atoms with E-state index in [1.54, 1.807) is 6.20 Å². The number of carbonyl (C=O) groups is 1. The largest absolute Gasteiger partial charge is 0.487 e. The first-order valence-electron chi connectivity index (χ1n) is 8.78. The van der Waals surface area contributed by atoms with Gasteiger partial charge in [-0.05, 0) is 25.5 Å². The monoisotopic (exact) mass is 364 g/mol. The minimum Gasteiger partial charge on any atom is -0.487 e. The third-order valence-corrected chi connectivity index (χ3v) is 4.46. The topological polar surface area (TPSA) is 94.8 Å². The average Bonchev–Trinajstić information content (AvgIpc) is 3.31. The molecule has 27 heavy (non-hydrogen) atoms. The molecule has 0 radical (unpaired) electrons. The van der Waals surface area contributed by atoms with Crippen LogP contribution >= 0.6 is 0 Å². The molecule has 1 atom stereocenters. The number of carbonyl (C=O) groups excluding carboxylic acids is 1. The molecule has 1 amide bonds. The summed E-state index contributed by atoms with van der Waals surface area (Å²) in [5, 5.41) is 6.83. The lowest BCUT2D eigenvalue weighted by Crippen LogP contribution is -2.36. The van der Waals surface area contributed by atoms with Gasteiger partial charge < -0.3 is 10.1 Å². The fourth-order valence-electron chi connectivity index (χ4n) is 3.18. The van der Waals surface area contributed by atoms with Crippen LogP contribution in [-0.4, -0.2) is 43.3 Å². The number of amides is 1. The molecule has 0 spiro atoms. The van der Waals surface area contributed by atoms with Crippen LogP contribution in [-0.2, 0) is 17.8 Å². The molecule has 3 aromatic rings. The van der Waals surface area contributed by atoms with Gasteiger partial charge in [0.15, 0.2) is 0 Å². The second-order valence-corrected chi connectivity index (χ2v) is 6.58. The van der Waals surface area contributed by atoms with Crippen molar-refractivity contribution in [3.63, 3.8) is 0 Å². The Morgan fingerprint density at radius 2 is 2.26 bits per heavy atom. The first-order valence-corrected chi connectivity index (χ1v) is 8.78. The van der Waals surface area contributed by atoms with Gasteiger partial charge in [-0.25, -0.2) is 14.6 Å². The summed E-state index contributed by atoms with van der Waals surface area (Å²) in [5.74, 6) is 0.705. The van der Waals surface area contributed by atoms with Crippen LogP contribution in [0.15, 0.2) is 37.1 Å². The molecule has 1 N–H and O–H groups in total. The maximum Gasteiger partial charge on any atom is 0.241 e. The Balaban J connectivity index is 1.46. The minimum absolute atomic E-state index is 0.112. The van der Waals surface area contributed by atoms with Crippen LogP contribution < -0.4 is 10.1 Å². The van der Waals surface area contributed by atoms with Crippen LogP contribution in [0.25, 0.3) is 11.3 Å². The van der Waals surface area contributed by atoms with E-state index in [0.29, 0.717) is 6.54 Å². The zero-order valence-corrected chi connectivity index (χ0v) is 15.2. The van der Waals surface area contributed by atoms with E-state index in [-0.39, 0.29) is 18.6 Å². The third-order valence-electron chi connectivity index (χ3n) is 4.46. The lowest BCUT2D eigenvalue weighted by molar-refractivity contribution is -0.122. The number of nitrogens with one attached hydrogen (secondary N) is 1. The van der Waals surface area contributed by atoms with E-state index in [1.165, 1.54) is 17.3 Å². The van der Waals surface area contributed by atoms with Gasteiger partial charge >= 0.3 is 0 Å². The summed E-state index contributed by atoms with van der Waals surface area (Å²) in [6, 6.07) is 6.06. The van der Waals surface area contributed by atoms with Gasteiger partial charge in [0.1, 0.15) is 31.1 Å². The molecule has 1 aliphatic heterocycles. The van der Waals surface area contributed by atoms with Crippen molar-refractivity contribution in [1.29, 1.82) is 0 Å². The molecule has 8 nitrogen and oxygen atoms in total. The van der Waals surface area contributed by atoms with Gasteiger partial charge in [0.25, 0.3) is 0 Å². The summed E-state index contributed by atoms with van der Waals surface area (Å²) in [6.07, 6.45) is 5.31. The van der Waals surface area contributed by atoms with E-state index in [2.05, 4.69) is 31.4 Å². The summed E-state index contributed by atoms with van der Waals surface area (Å²) in [5.41, 5.74) is 4.62. The fourth-order valence-corrected chi connectivity index (χ4v) is 3.18. The Labute approximate surface area is 156 Å². The first kappa shape index (κ1) is 17.1. The number of aryl methyl sites for hydroxylation is 2. The van der Waals surface area contributed by atoms with Crippen LogP contribution in [0.1, 0.15) is 17.0 Å². The van der Waals surface area contributed by atoms with Gasteiger partial charge in [0.2, 0.25) is 5.91 Å². The molecule has 1 aliphatic rings. The molecule has 1 aromatic carbocycles. The molecule has 2 aromatic heterocycles. The number of para-hydroxylation sites is 1. The smallest absolute Gasteiger partial charge is 0.241 e. The van der Waals surface area contributed by atoms with Gasteiger partial charge in [0, 0.05) is 18.2 Å². The van der Waals surface area contributed by atoms with Gasteiger partial charge in [-0.3, -0.25) is 9.78 Å². The van der Waals surface area contributed by atoms with E-state index < -0.39 is 0 Å². The van der Waals surface area contributed by atoms with Crippen molar-refractivity contribution >= 4 is 5.91 Å².